The number of imide groups is 1. The van der Waals surface area contributed by atoms with Crippen LogP contribution in [0.2, 0.25) is 0 Å². The van der Waals surface area contributed by atoms with E-state index in [1.807, 2.05) is 25.1 Å². The molecule has 1 saturated heterocycles. The van der Waals surface area contributed by atoms with Gasteiger partial charge in [0.1, 0.15) is 5.54 Å². The fraction of sp³-hybridized carbons (Fsp3) is 0.560. The molecule has 0 bridgehead atoms. The van der Waals surface area contributed by atoms with Crippen LogP contribution in [0.1, 0.15) is 55.7 Å². The Labute approximate surface area is 188 Å². The number of rotatable bonds is 7. The largest absolute Gasteiger partial charge is 0.469 e. The quantitative estimate of drug-likeness (QED) is 0.402. The third kappa shape index (κ3) is 4.12. The molecule has 1 N–H and O–H groups in total. The van der Waals surface area contributed by atoms with E-state index < -0.39 is 17.5 Å². The zero-order chi connectivity index (χ0) is 22.9. The first-order valence-electron chi connectivity index (χ1n) is 11.3. The number of esters is 1. The van der Waals surface area contributed by atoms with Crippen molar-refractivity contribution in [1.82, 2.24) is 10.2 Å². The highest BCUT2D eigenvalue weighted by atomic mass is 16.5. The molecule has 0 radical (unpaired) electrons. The Hall–Kier alpha value is -2.85. The molecule has 1 aromatic rings. The number of urea groups is 1. The lowest BCUT2D eigenvalue weighted by molar-refractivity contribution is -0.141. The van der Waals surface area contributed by atoms with Crippen LogP contribution in [0, 0.1) is 23.7 Å². The van der Waals surface area contributed by atoms with E-state index in [0.717, 1.165) is 47.3 Å². The van der Waals surface area contributed by atoms with Crippen LogP contribution in [0.4, 0.5) is 4.79 Å². The number of carbonyl (C=O) groups is 3. The number of hydrogen-bond acceptors (Lipinski definition) is 5. The molecule has 2 fully saturated rings. The molecule has 3 aliphatic rings. The molecule has 170 valence electrons. The summed E-state index contributed by atoms with van der Waals surface area (Å²) in [6.45, 7) is 1.99. The van der Waals surface area contributed by atoms with Gasteiger partial charge in [-0.05, 0) is 68.2 Å². The highest BCUT2D eigenvalue weighted by molar-refractivity contribution is 6.08. The fourth-order valence-corrected chi connectivity index (χ4v) is 4.69. The summed E-state index contributed by atoms with van der Waals surface area (Å²) < 4.78 is 10.1. The van der Waals surface area contributed by atoms with Crippen LogP contribution in [-0.2, 0) is 31.0 Å². The summed E-state index contributed by atoms with van der Waals surface area (Å²) in [4.78, 5) is 39.4. The lowest BCUT2D eigenvalue weighted by atomic mass is 9.80. The van der Waals surface area contributed by atoms with E-state index in [9.17, 15) is 14.4 Å². The van der Waals surface area contributed by atoms with Gasteiger partial charge in [-0.2, -0.15) is 0 Å². The van der Waals surface area contributed by atoms with E-state index in [4.69, 9.17) is 4.74 Å². The van der Waals surface area contributed by atoms with Crippen molar-refractivity contribution >= 4 is 17.9 Å². The van der Waals surface area contributed by atoms with Crippen molar-refractivity contribution in [3.63, 3.8) is 0 Å². The predicted octanol–water partition coefficient (Wildman–Crippen LogP) is 2.75. The Morgan fingerprint density at radius 1 is 1.31 bits per heavy atom. The first kappa shape index (κ1) is 22.3. The van der Waals surface area contributed by atoms with Gasteiger partial charge in [-0.1, -0.05) is 17.9 Å². The second-order valence-corrected chi connectivity index (χ2v) is 8.96. The number of ether oxygens (including phenoxy) is 2. The maximum Gasteiger partial charge on any atom is 0.325 e. The minimum Gasteiger partial charge on any atom is -0.469 e. The molecule has 3 unspecified atom stereocenters. The van der Waals surface area contributed by atoms with E-state index in [0.29, 0.717) is 12.3 Å². The number of nitrogens with one attached hydrogen (secondary N) is 1. The summed E-state index contributed by atoms with van der Waals surface area (Å²) in [5, 5.41) is 3.02. The van der Waals surface area contributed by atoms with E-state index in [1.165, 1.54) is 7.11 Å². The smallest absolute Gasteiger partial charge is 0.325 e. The summed E-state index contributed by atoms with van der Waals surface area (Å²) in [6, 6.07) is 5.53. The molecule has 1 heterocycles. The lowest BCUT2D eigenvalue weighted by Crippen LogP contribution is -2.48. The molecular weight excluding hydrogens is 408 g/mol. The molecular formula is C25H30N2O5. The highest BCUT2D eigenvalue weighted by Crippen LogP contribution is 2.48. The molecule has 3 amide bonds. The average molecular weight is 439 g/mol. The molecule has 1 spiro atoms. The number of benzene rings is 1. The first-order chi connectivity index (χ1) is 15.4. The molecule has 1 saturated carbocycles. The summed E-state index contributed by atoms with van der Waals surface area (Å²) in [6.07, 6.45) is 4.51. The van der Waals surface area contributed by atoms with Crippen LogP contribution in [0.3, 0.4) is 0 Å². The summed E-state index contributed by atoms with van der Waals surface area (Å²) >= 11 is 0. The van der Waals surface area contributed by atoms with Crippen molar-refractivity contribution < 1.29 is 23.9 Å². The number of nitrogens with zero attached hydrogens (tertiary/aromatic N) is 1. The predicted molar refractivity (Wildman–Crippen MR) is 117 cm³/mol. The Kier molecular flexibility index (Phi) is 6.25. The normalized spacial score (nSPS) is 24.7. The molecule has 7 nitrogen and oxygen atoms in total. The van der Waals surface area contributed by atoms with Gasteiger partial charge in [-0.15, -0.1) is 0 Å². The SMILES string of the molecule is COC(=O)CCN1C(=O)NC2(C1=O)c1cc(C#CC3CC3)ccc1CC2CCC(C)OC. The maximum absolute atomic E-state index is 13.7. The average Bonchev–Trinajstić information content (AvgIpc) is 3.53. The van der Waals surface area contributed by atoms with Crippen LogP contribution >= 0.6 is 0 Å². The van der Waals surface area contributed by atoms with E-state index in [2.05, 4.69) is 21.9 Å². The zero-order valence-electron chi connectivity index (χ0n) is 18.9. The van der Waals surface area contributed by atoms with E-state index >= 15 is 0 Å². The van der Waals surface area contributed by atoms with Gasteiger partial charge in [0.15, 0.2) is 0 Å². The van der Waals surface area contributed by atoms with Crippen molar-refractivity contribution in [1.29, 1.82) is 0 Å². The van der Waals surface area contributed by atoms with Crippen LogP contribution < -0.4 is 5.32 Å². The van der Waals surface area contributed by atoms with E-state index in [-0.39, 0.29) is 30.9 Å². The second kappa shape index (κ2) is 8.95. The van der Waals surface area contributed by atoms with Gasteiger partial charge >= 0.3 is 12.0 Å². The Morgan fingerprint density at radius 2 is 2.09 bits per heavy atom. The standard InChI is InChI=1S/C25H30N2O5/c1-16(31-2)4-11-20-15-19-10-9-18(8-7-17-5-6-17)14-21(19)25(20)23(29)27(24(30)26-25)13-12-22(28)32-3/h9-10,14,16-17,20H,4-6,11-13,15H2,1-3H3,(H,26,30). The number of amides is 3. The second-order valence-electron chi connectivity index (χ2n) is 8.96. The first-order valence-corrected chi connectivity index (χ1v) is 11.3. The van der Waals surface area contributed by atoms with Crippen molar-refractivity contribution in [3.8, 4) is 11.8 Å². The summed E-state index contributed by atoms with van der Waals surface area (Å²) in [5.41, 5.74) is 1.61. The molecule has 4 rings (SSSR count). The third-order valence-corrected chi connectivity index (χ3v) is 6.83. The number of methoxy groups -OCH3 is 2. The van der Waals surface area contributed by atoms with Crippen molar-refractivity contribution in [2.75, 3.05) is 20.8 Å². The van der Waals surface area contributed by atoms with Gasteiger partial charge in [-0.3, -0.25) is 14.5 Å². The van der Waals surface area contributed by atoms with Crippen LogP contribution in [0.25, 0.3) is 0 Å². The van der Waals surface area contributed by atoms with Crippen molar-refractivity contribution in [2.24, 2.45) is 11.8 Å². The minimum atomic E-state index is -1.13. The monoisotopic (exact) mass is 438 g/mol. The topological polar surface area (TPSA) is 84.9 Å². The van der Waals surface area contributed by atoms with Crippen LogP contribution in [-0.4, -0.2) is 49.7 Å². The Bertz CT molecular complexity index is 990. The van der Waals surface area contributed by atoms with Crippen molar-refractivity contribution in [2.45, 2.75) is 57.1 Å². The van der Waals surface area contributed by atoms with E-state index in [1.54, 1.807) is 7.11 Å². The molecule has 1 aromatic carbocycles. The van der Waals surface area contributed by atoms with Crippen LogP contribution in [0.15, 0.2) is 18.2 Å². The number of carbonyl (C=O) groups excluding carboxylic acids is 3. The molecule has 3 atom stereocenters. The Morgan fingerprint density at radius 3 is 2.78 bits per heavy atom. The minimum absolute atomic E-state index is 0.00318. The summed E-state index contributed by atoms with van der Waals surface area (Å²) in [7, 11) is 2.96. The zero-order valence-corrected chi connectivity index (χ0v) is 18.9. The molecule has 2 aliphatic carbocycles. The maximum atomic E-state index is 13.7. The fourth-order valence-electron chi connectivity index (χ4n) is 4.69. The van der Waals surface area contributed by atoms with Gasteiger partial charge in [0.25, 0.3) is 5.91 Å². The number of fused-ring (bicyclic) bond motifs is 2. The molecule has 1 aliphatic heterocycles. The van der Waals surface area contributed by atoms with Gasteiger partial charge in [0.2, 0.25) is 0 Å². The summed E-state index contributed by atoms with van der Waals surface area (Å²) in [5.74, 6) is 6.13. The molecule has 0 aromatic heterocycles. The molecule has 32 heavy (non-hydrogen) atoms. The van der Waals surface area contributed by atoms with Crippen molar-refractivity contribution in [3.05, 3.63) is 34.9 Å². The number of hydrogen-bond donors (Lipinski definition) is 1. The highest BCUT2D eigenvalue weighted by Gasteiger charge is 2.60. The van der Waals surface area contributed by atoms with Gasteiger partial charge < -0.3 is 14.8 Å². The Balaban J connectivity index is 1.68. The van der Waals surface area contributed by atoms with Crippen LogP contribution in [0.5, 0.6) is 0 Å². The van der Waals surface area contributed by atoms with Gasteiger partial charge in [0, 0.05) is 25.1 Å². The van der Waals surface area contributed by atoms with Gasteiger partial charge in [-0.25, -0.2) is 4.79 Å². The lowest BCUT2D eigenvalue weighted by Gasteiger charge is -2.30. The third-order valence-electron chi connectivity index (χ3n) is 6.83. The van der Waals surface area contributed by atoms with Gasteiger partial charge in [0.05, 0.1) is 19.6 Å². The molecule has 7 heteroatoms.